The van der Waals surface area contributed by atoms with Gasteiger partial charge in [-0.05, 0) is 30.9 Å². The maximum atomic E-state index is 5.76. The number of hydrogen-bond acceptors (Lipinski definition) is 3. The highest BCUT2D eigenvalue weighted by atomic mass is 35.5. The summed E-state index contributed by atoms with van der Waals surface area (Å²) in [6, 6.07) is 4.39. The molecule has 0 aliphatic rings. The SMILES string of the molecule is CCC(CC)N(Cc1ccc(Cl)nn1)CC(C)C. The summed E-state index contributed by atoms with van der Waals surface area (Å²) in [5.41, 5.74) is 0.993. The van der Waals surface area contributed by atoms with E-state index in [1.807, 2.05) is 12.1 Å². The van der Waals surface area contributed by atoms with Crippen LogP contribution < -0.4 is 0 Å². The van der Waals surface area contributed by atoms with Crippen LogP contribution in [0.2, 0.25) is 5.15 Å². The summed E-state index contributed by atoms with van der Waals surface area (Å²) in [5, 5.41) is 8.52. The first-order valence-electron chi connectivity index (χ1n) is 6.78. The van der Waals surface area contributed by atoms with Gasteiger partial charge in [0.1, 0.15) is 0 Å². The fourth-order valence-corrected chi connectivity index (χ4v) is 2.35. The van der Waals surface area contributed by atoms with Gasteiger partial charge in [-0.1, -0.05) is 39.3 Å². The van der Waals surface area contributed by atoms with Crippen LogP contribution in [-0.2, 0) is 6.54 Å². The van der Waals surface area contributed by atoms with Crippen molar-refractivity contribution in [2.75, 3.05) is 6.54 Å². The minimum atomic E-state index is 0.455. The average Bonchev–Trinajstić information content (AvgIpc) is 2.33. The molecule has 0 radical (unpaired) electrons. The van der Waals surface area contributed by atoms with E-state index in [-0.39, 0.29) is 0 Å². The molecular formula is C14H24ClN3. The van der Waals surface area contributed by atoms with Crippen LogP contribution in [0.4, 0.5) is 0 Å². The van der Waals surface area contributed by atoms with Gasteiger partial charge in [-0.15, -0.1) is 5.10 Å². The summed E-state index contributed by atoms with van der Waals surface area (Å²) in [7, 11) is 0. The number of halogens is 1. The van der Waals surface area contributed by atoms with E-state index in [1.54, 1.807) is 0 Å². The van der Waals surface area contributed by atoms with Crippen LogP contribution in [0.5, 0.6) is 0 Å². The molecule has 0 saturated heterocycles. The number of rotatable bonds is 7. The summed E-state index contributed by atoms with van der Waals surface area (Å²) in [6.45, 7) is 10.9. The van der Waals surface area contributed by atoms with Crippen molar-refractivity contribution in [1.29, 1.82) is 0 Å². The van der Waals surface area contributed by atoms with E-state index >= 15 is 0 Å². The first-order chi connectivity index (χ1) is 8.56. The molecule has 102 valence electrons. The van der Waals surface area contributed by atoms with E-state index in [1.165, 1.54) is 12.8 Å². The maximum Gasteiger partial charge on any atom is 0.151 e. The standard InChI is InChI=1S/C14H24ClN3/c1-5-13(6-2)18(9-11(3)4)10-12-7-8-14(15)17-16-12/h7-8,11,13H,5-6,9-10H2,1-4H3. The monoisotopic (exact) mass is 269 g/mol. The molecule has 0 fully saturated rings. The Morgan fingerprint density at radius 1 is 1.17 bits per heavy atom. The number of hydrogen-bond donors (Lipinski definition) is 0. The Hall–Kier alpha value is -0.670. The molecule has 1 heterocycles. The van der Waals surface area contributed by atoms with Crippen LogP contribution in [0.25, 0.3) is 0 Å². The molecule has 1 rings (SSSR count). The lowest BCUT2D eigenvalue weighted by atomic mass is 10.1. The predicted octanol–water partition coefficient (Wildman–Crippen LogP) is 3.78. The van der Waals surface area contributed by atoms with Crippen LogP contribution in [0, 0.1) is 5.92 Å². The third kappa shape index (κ3) is 4.91. The first-order valence-corrected chi connectivity index (χ1v) is 7.16. The maximum absolute atomic E-state index is 5.76. The molecular weight excluding hydrogens is 246 g/mol. The van der Waals surface area contributed by atoms with Crippen LogP contribution in [-0.4, -0.2) is 27.7 Å². The first kappa shape index (κ1) is 15.4. The lowest BCUT2D eigenvalue weighted by molar-refractivity contribution is 0.155. The van der Waals surface area contributed by atoms with Gasteiger partial charge >= 0.3 is 0 Å². The lowest BCUT2D eigenvalue weighted by Gasteiger charge is -2.31. The van der Waals surface area contributed by atoms with E-state index in [4.69, 9.17) is 11.6 Å². The Morgan fingerprint density at radius 3 is 2.28 bits per heavy atom. The highest BCUT2D eigenvalue weighted by Crippen LogP contribution is 2.15. The van der Waals surface area contributed by atoms with Crippen molar-refractivity contribution >= 4 is 11.6 Å². The van der Waals surface area contributed by atoms with Gasteiger partial charge in [0.25, 0.3) is 0 Å². The van der Waals surface area contributed by atoms with Gasteiger partial charge in [0, 0.05) is 19.1 Å². The molecule has 0 unspecified atom stereocenters. The summed E-state index contributed by atoms with van der Waals surface area (Å²) >= 11 is 5.76. The van der Waals surface area contributed by atoms with Crippen molar-refractivity contribution < 1.29 is 0 Å². The normalized spacial score (nSPS) is 11.8. The van der Waals surface area contributed by atoms with Crippen molar-refractivity contribution in [3.8, 4) is 0 Å². The highest BCUT2D eigenvalue weighted by molar-refractivity contribution is 6.29. The van der Waals surface area contributed by atoms with Crippen molar-refractivity contribution in [1.82, 2.24) is 15.1 Å². The smallest absolute Gasteiger partial charge is 0.151 e. The molecule has 0 N–H and O–H groups in total. The summed E-state index contributed by atoms with van der Waals surface area (Å²) < 4.78 is 0. The summed E-state index contributed by atoms with van der Waals surface area (Å²) in [6.07, 6.45) is 2.34. The second-order valence-electron chi connectivity index (χ2n) is 5.14. The summed E-state index contributed by atoms with van der Waals surface area (Å²) in [4.78, 5) is 2.50. The van der Waals surface area contributed by atoms with E-state index < -0.39 is 0 Å². The fraction of sp³-hybridized carbons (Fsp3) is 0.714. The molecule has 1 aromatic heterocycles. The molecule has 0 aliphatic heterocycles. The molecule has 0 bridgehead atoms. The van der Waals surface area contributed by atoms with Crippen molar-refractivity contribution in [2.24, 2.45) is 5.92 Å². The lowest BCUT2D eigenvalue weighted by Crippen LogP contribution is -2.37. The van der Waals surface area contributed by atoms with Gasteiger partial charge in [0.05, 0.1) is 5.69 Å². The molecule has 0 atom stereocenters. The Labute approximate surface area is 116 Å². The van der Waals surface area contributed by atoms with E-state index in [9.17, 15) is 0 Å². The fourth-order valence-electron chi connectivity index (χ4n) is 2.25. The van der Waals surface area contributed by atoms with Gasteiger partial charge in [-0.25, -0.2) is 0 Å². The van der Waals surface area contributed by atoms with Crippen LogP contribution in [0.3, 0.4) is 0 Å². The molecule has 0 amide bonds. The van der Waals surface area contributed by atoms with Crippen LogP contribution >= 0.6 is 11.6 Å². The zero-order chi connectivity index (χ0) is 13.5. The van der Waals surface area contributed by atoms with Crippen LogP contribution in [0.1, 0.15) is 46.2 Å². The zero-order valence-corrected chi connectivity index (χ0v) is 12.6. The van der Waals surface area contributed by atoms with E-state index in [0.717, 1.165) is 18.8 Å². The third-order valence-corrected chi connectivity index (χ3v) is 3.31. The van der Waals surface area contributed by atoms with Gasteiger partial charge < -0.3 is 0 Å². The Bertz CT molecular complexity index is 333. The minimum absolute atomic E-state index is 0.455. The summed E-state index contributed by atoms with van der Waals surface area (Å²) in [5.74, 6) is 0.658. The van der Waals surface area contributed by atoms with Crippen molar-refractivity contribution in [2.45, 2.75) is 53.1 Å². The average molecular weight is 270 g/mol. The second kappa shape index (κ2) is 7.70. The molecule has 0 aromatic carbocycles. The van der Waals surface area contributed by atoms with Crippen molar-refractivity contribution in [3.05, 3.63) is 23.0 Å². The third-order valence-electron chi connectivity index (χ3n) is 3.11. The molecule has 3 nitrogen and oxygen atoms in total. The van der Waals surface area contributed by atoms with Gasteiger partial charge in [0.2, 0.25) is 0 Å². The topological polar surface area (TPSA) is 29.0 Å². The van der Waals surface area contributed by atoms with E-state index in [0.29, 0.717) is 17.1 Å². The Morgan fingerprint density at radius 2 is 1.83 bits per heavy atom. The second-order valence-corrected chi connectivity index (χ2v) is 5.53. The zero-order valence-electron chi connectivity index (χ0n) is 11.9. The van der Waals surface area contributed by atoms with Crippen LogP contribution in [0.15, 0.2) is 12.1 Å². The minimum Gasteiger partial charge on any atom is -0.294 e. The largest absolute Gasteiger partial charge is 0.294 e. The van der Waals surface area contributed by atoms with Gasteiger partial charge in [0.15, 0.2) is 5.15 Å². The Kier molecular flexibility index (Phi) is 6.58. The Balaban J connectivity index is 2.73. The van der Waals surface area contributed by atoms with Crippen molar-refractivity contribution in [3.63, 3.8) is 0 Å². The number of aromatic nitrogens is 2. The molecule has 0 saturated carbocycles. The van der Waals surface area contributed by atoms with Gasteiger partial charge in [-0.3, -0.25) is 4.90 Å². The quantitative estimate of drug-likeness (QED) is 0.754. The highest BCUT2D eigenvalue weighted by Gasteiger charge is 2.17. The molecule has 18 heavy (non-hydrogen) atoms. The van der Waals surface area contributed by atoms with Gasteiger partial charge in [-0.2, -0.15) is 5.10 Å². The predicted molar refractivity (Wildman–Crippen MR) is 76.7 cm³/mol. The van der Waals surface area contributed by atoms with E-state index in [2.05, 4.69) is 42.8 Å². The molecule has 0 spiro atoms. The number of nitrogens with zero attached hydrogens (tertiary/aromatic N) is 3. The molecule has 1 aromatic rings. The molecule has 4 heteroatoms. The molecule has 0 aliphatic carbocycles.